The number of aliphatic hydroxyl groups is 1. The van der Waals surface area contributed by atoms with Gasteiger partial charge >= 0.3 is 0 Å². The number of rotatable bonds is 5. The Hall–Kier alpha value is -1.33. The molecule has 1 heterocycles. The third-order valence-electron chi connectivity index (χ3n) is 4.49. The predicted molar refractivity (Wildman–Crippen MR) is 98.8 cm³/mol. The lowest BCUT2D eigenvalue weighted by atomic mass is 10.1. The van der Waals surface area contributed by atoms with E-state index in [4.69, 9.17) is 16.3 Å². The highest BCUT2D eigenvalue weighted by molar-refractivity contribution is 8.14. The van der Waals surface area contributed by atoms with Crippen molar-refractivity contribution in [3.63, 3.8) is 0 Å². The first kappa shape index (κ1) is 16.2. The Morgan fingerprint density at radius 2 is 2.08 bits per heavy atom. The van der Waals surface area contributed by atoms with Crippen LogP contribution in [0.5, 0.6) is 0 Å². The Morgan fingerprint density at radius 3 is 2.92 bits per heavy atom. The minimum atomic E-state index is -1.12. The second-order valence-electron chi connectivity index (χ2n) is 6.13. The van der Waals surface area contributed by atoms with Crippen LogP contribution in [0.4, 0.5) is 0 Å². The first-order chi connectivity index (χ1) is 11.6. The number of fused-ring (bicyclic) bond motifs is 3. The minimum absolute atomic E-state index is 0.0266. The quantitative estimate of drug-likeness (QED) is 0.825. The van der Waals surface area contributed by atoms with Crippen LogP contribution in [0.3, 0.4) is 0 Å². The topological polar surface area (TPSA) is 41.8 Å². The van der Waals surface area contributed by atoms with Gasteiger partial charge in [0.1, 0.15) is 0 Å². The lowest BCUT2D eigenvalue weighted by molar-refractivity contribution is 0.0572. The summed E-state index contributed by atoms with van der Waals surface area (Å²) in [6.07, 6.45) is 1.67. The van der Waals surface area contributed by atoms with Crippen LogP contribution in [-0.4, -0.2) is 28.6 Å². The van der Waals surface area contributed by atoms with Crippen molar-refractivity contribution in [3.05, 3.63) is 70.2 Å². The number of thioether (sulfide) groups is 1. The average molecular weight is 360 g/mol. The molecule has 0 radical (unpaired) electrons. The maximum Gasteiger partial charge on any atom is 0.196 e. The van der Waals surface area contributed by atoms with Gasteiger partial charge < -0.3 is 9.84 Å². The van der Waals surface area contributed by atoms with Gasteiger partial charge in [0.05, 0.1) is 23.5 Å². The fraction of sp³-hybridized carbons (Fsp3) is 0.316. The molecule has 4 rings (SSSR count). The fourth-order valence-electron chi connectivity index (χ4n) is 3.30. The Kier molecular flexibility index (Phi) is 4.39. The molecule has 0 amide bonds. The van der Waals surface area contributed by atoms with Crippen molar-refractivity contribution < 1.29 is 9.84 Å². The first-order valence-electron chi connectivity index (χ1n) is 8.03. The number of nitrogens with zero attached hydrogens (tertiary/aromatic N) is 1. The number of hydrogen-bond acceptors (Lipinski definition) is 4. The van der Waals surface area contributed by atoms with Gasteiger partial charge in [-0.25, -0.2) is 4.99 Å². The van der Waals surface area contributed by atoms with E-state index in [1.54, 1.807) is 11.8 Å². The predicted octanol–water partition coefficient (Wildman–Crippen LogP) is 3.81. The van der Waals surface area contributed by atoms with E-state index in [9.17, 15) is 5.11 Å². The van der Waals surface area contributed by atoms with Crippen LogP contribution in [0.25, 0.3) is 0 Å². The monoisotopic (exact) mass is 359 g/mol. The zero-order valence-electron chi connectivity index (χ0n) is 13.1. The largest absolute Gasteiger partial charge is 0.374 e. The number of benzene rings is 2. The molecule has 1 aliphatic carbocycles. The molecule has 2 aliphatic rings. The van der Waals surface area contributed by atoms with E-state index in [2.05, 4.69) is 17.1 Å². The minimum Gasteiger partial charge on any atom is -0.374 e. The van der Waals surface area contributed by atoms with Gasteiger partial charge in [0.2, 0.25) is 0 Å². The molecule has 2 unspecified atom stereocenters. The van der Waals surface area contributed by atoms with Crippen molar-refractivity contribution in [1.29, 1.82) is 0 Å². The van der Waals surface area contributed by atoms with Crippen molar-refractivity contribution in [3.8, 4) is 0 Å². The summed E-state index contributed by atoms with van der Waals surface area (Å²) < 4.78 is 5.76. The molecule has 2 aromatic carbocycles. The van der Waals surface area contributed by atoms with Gasteiger partial charge in [-0.05, 0) is 36.1 Å². The maximum atomic E-state index is 11.0. The molecular formula is C19H18ClNO2S. The molecule has 0 saturated heterocycles. The van der Waals surface area contributed by atoms with E-state index in [0.29, 0.717) is 18.2 Å². The zero-order chi connectivity index (χ0) is 16.6. The van der Waals surface area contributed by atoms with Gasteiger partial charge in [-0.15, -0.1) is 0 Å². The molecule has 2 aromatic rings. The second-order valence-corrected chi connectivity index (χ2v) is 7.84. The Morgan fingerprint density at radius 1 is 1.25 bits per heavy atom. The molecule has 1 aliphatic heterocycles. The van der Waals surface area contributed by atoms with Crippen LogP contribution < -0.4 is 0 Å². The maximum absolute atomic E-state index is 11.0. The molecule has 0 spiro atoms. The van der Waals surface area contributed by atoms with Gasteiger partial charge in [-0.3, -0.25) is 0 Å². The van der Waals surface area contributed by atoms with Gasteiger partial charge in [-0.2, -0.15) is 0 Å². The smallest absolute Gasteiger partial charge is 0.196 e. The van der Waals surface area contributed by atoms with E-state index < -0.39 is 5.72 Å². The summed E-state index contributed by atoms with van der Waals surface area (Å²) in [5.74, 6) is 0. The summed E-state index contributed by atoms with van der Waals surface area (Å²) in [6, 6.07) is 15.9. The standard InChI is InChI=1S/C19H18ClNO2S/c20-15-6-7-16-14(10-15)11-17-19(16,22)21-18(24-17)12-23-9-8-13-4-2-1-3-5-13/h1-7,10,17,22H,8-9,11-12H2. The summed E-state index contributed by atoms with van der Waals surface area (Å²) in [7, 11) is 0. The van der Waals surface area contributed by atoms with Gasteiger partial charge in [0.25, 0.3) is 0 Å². The highest BCUT2D eigenvalue weighted by Gasteiger charge is 2.50. The highest BCUT2D eigenvalue weighted by atomic mass is 35.5. The average Bonchev–Trinajstić information content (AvgIpc) is 3.02. The summed E-state index contributed by atoms with van der Waals surface area (Å²) in [4.78, 5) is 4.56. The number of aliphatic imine (C=N–C) groups is 1. The molecule has 5 heteroatoms. The normalized spacial score (nSPS) is 24.6. The van der Waals surface area contributed by atoms with Crippen LogP contribution in [0.15, 0.2) is 53.5 Å². The molecule has 0 bridgehead atoms. The number of halogens is 1. The molecule has 0 saturated carbocycles. The molecule has 0 fully saturated rings. The summed E-state index contributed by atoms with van der Waals surface area (Å²) >= 11 is 7.67. The van der Waals surface area contributed by atoms with Crippen molar-refractivity contribution >= 4 is 28.4 Å². The van der Waals surface area contributed by atoms with E-state index in [1.165, 1.54) is 5.56 Å². The summed E-state index contributed by atoms with van der Waals surface area (Å²) in [5, 5.41) is 12.6. The third kappa shape index (κ3) is 3.00. The SMILES string of the molecule is OC12N=C(COCCc3ccccc3)SC1Cc1cc(Cl)ccc12. The molecule has 0 aromatic heterocycles. The second kappa shape index (κ2) is 6.52. The van der Waals surface area contributed by atoms with Crippen molar-refractivity contribution in [1.82, 2.24) is 0 Å². The van der Waals surface area contributed by atoms with Crippen LogP contribution in [0.1, 0.15) is 16.7 Å². The summed E-state index contributed by atoms with van der Waals surface area (Å²) in [6.45, 7) is 1.11. The third-order valence-corrected chi connectivity index (χ3v) is 5.99. The van der Waals surface area contributed by atoms with E-state index >= 15 is 0 Å². The molecule has 2 atom stereocenters. The van der Waals surface area contributed by atoms with Crippen LogP contribution in [0, 0.1) is 0 Å². The Bertz CT molecular complexity index is 780. The number of hydrogen-bond donors (Lipinski definition) is 1. The van der Waals surface area contributed by atoms with Crippen molar-refractivity contribution in [2.45, 2.75) is 23.8 Å². The molecule has 1 N–H and O–H groups in total. The highest BCUT2D eigenvalue weighted by Crippen LogP contribution is 2.49. The number of ether oxygens (including phenoxy) is 1. The lowest BCUT2D eigenvalue weighted by Gasteiger charge is -2.19. The lowest BCUT2D eigenvalue weighted by Crippen LogP contribution is -2.27. The molecular weight excluding hydrogens is 342 g/mol. The van der Waals surface area contributed by atoms with E-state index in [0.717, 1.165) is 29.0 Å². The van der Waals surface area contributed by atoms with Gasteiger partial charge in [0.15, 0.2) is 5.72 Å². The summed E-state index contributed by atoms with van der Waals surface area (Å²) in [5.41, 5.74) is 2.11. The first-order valence-corrected chi connectivity index (χ1v) is 9.29. The van der Waals surface area contributed by atoms with Crippen LogP contribution in [-0.2, 0) is 23.3 Å². The van der Waals surface area contributed by atoms with E-state index in [1.807, 2.05) is 36.4 Å². The van der Waals surface area contributed by atoms with E-state index in [-0.39, 0.29) is 5.25 Å². The fourth-order valence-corrected chi connectivity index (χ4v) is 4.78. The Labute approximate surface area is 150 Å². The van der Waals surface area contributed by atoms with Crippen molar-refractivity contribution in [2.24, 2.45) is 4.99 Å². The molecule has 3 nitrogen and oxygen atoms in total. The molecule has 124 valence electrons. The Balaban J connectivity index is 1.38. The van der Waals surface area contributed by atoms with Crippen LogP contribution in [0.2, 0.25) is 5.02 Å². The van der Waals surface area contributed by atoms with Crippen molar-refractivity contribution in [2.75, 3.05) is 13.2 Å². The van der Waals surface area contributed by atoms with Crippen LogP contribution >= 0.6 is 23.4 Å². The molecule has 24 heavy (non-hydrogen) atoms. The van der Waals surface area contributed by atoms with Gasteiger partial charge in [-0.1, -0.05) is 59.8 Å². The zero-order valence-corrected chi connectivity index (χ0v) is 14.7. The van der Waals surface area contributed by atoms with Gasteiger partial charge in [0, 0.05) is 10.6 Å².